The Labute approximate surface area is 473 Å². The van der Waals surface area contributed by atoms with Gasteiger partial charge in [0.1, 0.15) is 0 Å². The summed E-state index contributed by atoms with van der Waals surface area (Å²) < 4.78 is 40.9. The van der Waals surface area contributed by atoms with Crippen molar-refractivity contribution in [2.24, 2.45) is 17.8 Å². The van der Waals surface area contributed by atoms with Gasteiger partial charge in [0.2, 0.25) is 9.84 Å². The molecule has 0 radical (unpaired) electrons. The molecule has 3 aliphatic carbocycles. The van der Waals surface area contributed by atoms with Crippen LogP contribution in [0.25, 0.3) is 0 Å². The summed E-state index contributed by atoms with van der Waals surface area (Å²) in [5.74, 6) is 1.72. The molecule has 416 valence electrons. The lowest BCUT2D eigenvalue weighted by Gasteiger charge is -2.19. The number of hydrogen-bond donors (Lipinski definition) is 3. The Balaban J connectivity index is 0.000000190. The standard InChI is InChI=1S/C21H24N2O3S.C21H24N2O2S.C21H24N2OS.CH4/c1-12(2)19-20(18(10-15-5-6-15)14(4)23-21(19)24)27(25,26)17-8-13(3)7-16(9-17)11-22;1-12(2)19-20(18(10-15-5-6-15)14(4)23-21(19)24)26(25)17-8-13(3)7-16(9-17)11-22;1-12(2)19-20(25-17-8-13(3)7-16(9-17)11-22)18(10-15-5-6-15)14(4)23-21(19)24;/h7-9,12,15H,5-6,10H2,1-4H3,(H,23,24);7-9,12,15H,5-6,10H2,1-4H3,(H,23,24);7-9,12,15H,5-6,10H2,1-4H3,(H,23,24);1H4. The first kappa shape index (κ1) is 61.6. The third-order valence-electron chi connectivity index (χ3n) is 14.6. The van der Waals surface area contributed by atoms with Gasteiger partial charge in [-0.3, -0.25) is 14.4 Å². The number of H-pyrrole nitrogens is 3. The topological polar surface area (TPSA) is 221 Å². The monoisotopic (exact) mass is 1120 g/mol. The van der Waals surface area contributed by atoms with Gasteiger partial charge < -0.3 is 15.0 Å². The predicted octanol–water partition coefficient (Wildman–Crippen LogP) is 13.6. The van der Waals surface area contributed by atoms with Crippen LogP contribution in [-0.2, 0) is 39.9 Å². The second-order valence-electron chi connectivity index (χ2n) is 22.6. The van der Waals surface area contributed by atoms with E-state index in [-0.39, 0.29) is 51.6 Å². The summed E-state index contributed by atoms with van der Waals surface area (Å²) in [5.41, 5.74) is 10.8. The van der Waals surface area contributed by atoms with Gasteiger partial charge in [-0.2, -0.15) is 15.8 Å². The molecule has 3 N–H and O–H groups in total. The lowest BCUT2D eigenvalue weighted by Crippen LogP contribution is -2.24. The molecule has 3 saturated carbocycles. The Bertz CT molecular complexity index is 3760. The van der Waals surface area contributed by atoms with Gasteiger partial charge in [-0.15, -0.1) is 0 Å². The van der Waals surface area contributed by atoms with Crippen LogP contribution in [-0.4, -0.2) is 27.6 Å². The zero-order valence-electron chi connectivity index (χ0n) is 47.0. The minimum absolute atomic E-state index is 0. The molecule has 0 aliphatic heterocycles. The largest absolute Gasteiger partial charge is 0.326 e. The Morgan fingerprint density at radius 3 is 1.44 bits per heavy atom. The molecule has 3 aliphatic rings. The highest BCUT2D eigenvalue weighted by Gasteiger charge is 2.34. The minimum Gasteiger partial charge on any atom is -0.326 e. The number of aromatic amines is 3. The fourth-order valence-corrected chi connectivity index (χ4v) is 15.4. The van der Waals surface area contributed by atoms with Gasteiger partial charge in [0.15, 0.2) is 0 Å². The molecule has 79 heavy (non-hydrogen) atoms. The molecule has 1 unspecified atom stereocenters. The van der Waals surface area contributed by atoms with Gasteiger partial charge in [0.25, 0.3) is 16.7 Å². The Morgan fingerprint density at radius 1 is 0.544 bits per heavy atom. The maximum Gasteiger partial charge on any atom is 0.252 e. The van der Waals surface area contributed by atoms with Gasteiger partial charge in [-0.1, -0.05) is 60.7 Å². The Hall–Kier alpha value is -6.57. The van der Waals surface area contributed by atoms with Crippen LogP contribution in [0.1, 0.15) is 189 Å². The number of aryl methyl sites for hydroxylation is 6. The number of aromatic nitrogens is 3. The smallest absolute Gasteiger partial charge is 0.252 e. The van der Waals surface area contributed by atoms with Crippen molar-refractivity contribution in [3.05, 3.63) is 170 Å². The van der Waals surface area contributed by atoms with Gasteiger partial charge >= 0.3 is 0 Å². The number of rotatable bonds is 15. The van der Waals surface area contributed by atoms with Gasteiger partial charge in [-0.25, -0.2) is 12.6 Å². The normalized spacial score (nSPS) is 14.3. The second-order valence-corrected chi connectivity index (χ2v) is 27.0. The van der Waals surface area contributed by atoms with Crippen LogP contribution in [0, 0.1) is 93.3 Å². The summed E-state index contributed by atoms with van der Waals surface area (Å²) in [6, 6.07) is 22.2. The molecule has 1 atom stereocenters. The molecule has 0 bridgehead atoms. The summed E-state index contributed by atoms with van der Waals surface area (Å²) in [4.78, 5) is 50.4. The first-order valence-corrected chi connectivity index (χ1v) is 30.5. The predicted molar refractivity (Wildman–Crippen MR) is 316 cm³/mol. The van der Waals surface area contributed by atoms with Crippen molar-refractivity contribution in [2.45, 2.75) is 195 Å². The van der Waals surface area contributed by atoms with E-state index in [9.17, 15) is 42.8 Å². The van der Waals surface area contributed by atoms with Crippen molar-refractivity contribution in [3.63, 3.8) is 0 Å². The molecule has 12 nitrogen and oxygen atoms in total. The minimum atomic E-state index is -3.93. The average molecular weight is 1120 g/mol. The van der Waals surface area contributed by atoms with Gasteiger partial charge in [0.05, 0.1) is 60.4 Å². The number of nitrogens with one attached hydrogen (secondary N) is 3. The molecule has 0 spiro atoms. The highest BCUT2D eigenvalue weighted by molar-refractivity contribution is 7.99. The second kappa shape index (κ2) is 25.7. The summed E-state index contributed by atoms with van der Waals surface area (Å²) in [6.07, 6.45) is 9.62. The van der Waals surface area contributed by atoms with Crippen LogP contribution >= 0.6 is 11.8 Å². The highest BCUT2D eigenvalue weighted by Crippen LogP contribution is 2.43. The van der Waals surface area contributed by atoms with Crippen molar-refractivity contribution in [3.8, 4) is 18.2 Å². The van der Waals surface area contributed by atoms with E-state index < -0.39 is 20.6 Å². The van der Waals surface area contributed by atoms with Crippen LogP contribution in [0.2, 0.25) is 0 Å². The maximum atomic E-state index is 13.6. The van der Waals surface area contributed by atoms with Crippen LogP contribution in [0.15, 0.2) is 98.4 Å². The Morgan fingerprint density at radius 2 is 0.949 bits per heavy atom. The summed E-state index contributed by atoms with van der Waals surface area (Å²) in [7, 11) is -5.43. The first-order valence-electron chi connectivity index (χ1n) is 27.0. The van der Waals surface area contributed by atoms with E-state index in [0.29, 0.717) is 72.7 Å². The molecular weight excluding hydrogens is 1040 g/mol. The van der Waals surface area contributed by atoms with E-state index in [0.717, 1.165) is 75.0 Å². The van der Waals surface area contributed by atoms with E-state index in [2.05, 4.69) is 47.0 Å². The number of nitriles is 3. The number of hydrogen-bond acceptors (Lipinski definition) is 10. The molecule has 3 aromatic carbocycles. The van der Waals surface area contributed by atoms with E-state index in [4.69, 9.17) is 0 Å². The molecule has 6 aromatic rings. The third kappa shape index (κ3) is 14.8. The third-order valence-corrected chi connectivity index (χ3v) is 19.1. The molecule has 3 aromatic heterocycles. The molecule has 3 heterocycles. The molecule has 3 fully saturated rings. The molecule has 15 heteroatoms. The Kier molecular flexibility index (Phi) is 20.0. The average Bonchev–Trinajstić information content (AvgIpc) is 4.29. The quantitative estimate of drug-likeness (QED) is 0.0882. The van der Waals surface area contributed by atoms with Gasteiger partial charge in [0, 0.05) is 48.5 Å². The molecular formula is C64H76N6O6S3. The zero-order chi connectivity index (χ0) is 57.1. The van der Waals surface area contributed by atoms with Crippen molar-refractivity contribution >= 4 is 32.4 Å². The fourth-order valence-electron chi connectivity index (χ4n) is 10.1. The van der Waals surface area contributed by atoms with Gasteiger partial charge in [-0.05, 0) is 223 Å². The number of sulfone groups is 1. The van der Waals surface area contributed by atoms with Crippen LogP contribution < -0.4 is 16.7 Å². The van der Waals surface area contributed by atoms with Crippen LogP contribution in [0.4, 0.5) is 0 Å². The van der Waals surface area contributed by atoms with E-state index in [1.54, 1.807) is 49.9 Å². The molecule has 0 amide bonds. The molecule has 0 saturated heterocycles. The molecule has 9 rings (SSSR count). The van der Waals surface area contributed by atoms with Crippen molar-refractivity contribution < 1.29 is 12.6 Å². The SMILES string of the molecule is C.Cc1cc(C#N)cc(S(=O)(=O)c2c(CC3CC3)c(C)[nH]c(=O)c2C(C)C)c1.Cc1cc(C#N)cc(S(=O)c2c(CC3CC3)c(C)[nH]c(=O)c2C(C)C)c1.Cc1cc(C#N)cc(Sc2c(CC3CC3)c(C)[nH]c(=O)c2C(C)C)c1. The lowest BCUT2D eigenvalue weighted by molar-refractivity contribution is 0.589. The number of nitrogens with zero attached hydrogens (tertiary/aromatic N) is 3. The van der Waals surface area contributed by atoms with Crippen molar-refractivity contribution in [1.82, 2.24) is 15.0 Å². The summed E-state index contributed by atoms with van der Waals surface area (Å²) in [6.45, 7) is 23.0. The van der Waals surface area contributed by atoms with Crippen LogP contribution in [0.3, 0.4) is 0 Å². The first-order chi connectivity index (χ1) is 36.8. The maximum absolute atomic E-state index is 13.6. The summed E-state index contributed by atoms with van der Waals surface area (Å²) >= 11 is 1.64. The zero-order valence-corrected chi connectivity index (χ0v) is 49.5. The van der Waals surface area contributed by atoms with E-state index >= 15 is 0 Å². The van der Waals surface area contributed by atoms with E-state index in [1.165, 1.54) is 37.3 Å². The van der Waals surface area contributed by atoms with E-state index in [1.807, 2.05) is 79.7 Å². The summed E-state index contributed by atoms with van der Waals surface area (Å²) in [5, 5.41) is 27.7. The lowest BCUT2D eigenvalue weighted by atomic mass is 9.99. The van der Waals surface area contributed by atoms with Crippen molar-refractivity contribution in [1.29, 1.82) is 15.8 Å². The number of pyridine rings is 3. The highest BCUT2D eigenvalue weighted by atomic mass is 32.2. The fraction of sp³-hybridized carbons (Fsp3) is 0.438. The number of benzene rings is 3. The van der Waals surface area contributed by atoms with Crippen LogP contribution in [0.5, 0.6) is 0 Å². The van der Waals surface area contributed by atoms with Crippen molar-refractivity contribution in [2.75, 3.05) is 0 Å².